The van der Waals surface area contributed by atoms with Crippen LogP contribution in [0.25, 0.3) is 0 Å². The average molecular weight is 257 g/mol. The van der Waals surface area contributed by atoms with Gasteiger partial charge in [0, 0.05) is 6.61 Å². The topological polar surface area (TPSA) is 29.5 Å². The summed E-state index contributed by atoms with van der Waals surface area (Å²) >= 11 is 6.18. The van der Waals surface area contributed by atoms with E-state index in [-0.39, 0.29) is 12.2 Å². The predicted octanol–water partition coefficient (Wildman–Crippen LogP) is 3.83. The first kappa shape index (κ1) is 14.3. The lowest BCUT2D eigenvalue weighted by Crippen LogP contribution is -2.26. The molecule has 0 fully saturated rings. The second kappa shape index (κ2) is 6.27. The Morgan fingerprint density at radius 2 is 2.06 bits per heavy atom. The number of aliphatic hydroxyl groups is 1. The van der Waals surface area contributed by atoms with Crippen LogP contribution in [-0.2, 0) is 6.42 Å². The highest BCUT2D eigenvalue weighted by molar-refractivity contribution is 6.32. The summed E-state index contributed by atoms with van der Waals surface area (Å²) in [5, 5.41) is 9.42. The fourth-order valence-corrected chi connectivity index (χ4v) is 1.68. The fourth-order valence-electron chi connectivity index (χ4n) is 1.44. The van der Waals surface area contributed by atoms with Gasteiger partial charge in [-0.2, -0.15) is 0 Å². The van der Waals surface area contributed by atoms with Crippen LogP contribution >= 0.6 is 11.6 Å². The molecule has 0 spiro atoms. The van der Waals surface area contributed by atoms with Crippen LogP contribution in [0.4, 0.5) is 0 Å². The molecule has 0 aliphatic rings. The van der Waals surface area contributed by atoms with Crippen molar-refractivity contribution in [1.82, 2.24) is 0 Å². The summed E-state index contributed by atoms with van der Waals surface area (Å²) in [6.45, 7) is 6.38. The molecule has 96 valence electrons. The number of hydrogen-bond donors (Lipinski definition) is 1. The molecule has 1 aromatic rings. The van der Waals surface area contributed by atoms with Gasteiger partial charge in [0.05, 0.1) is 5.02 Å². The van der Waals surface area contributed by atoms with Crippen LogP contribution in [0, 0.1) is 0 Å². The molecule has 0 aliphatic heterocycles. The highest BCUT2D eigenvalue weighted by atomic mass is 35.5. The van der Waals surface area contributed by atoms with Gasteiger partial charge in [0.15, 0.2) is 0 Å². The largest absolute Gasteiger partial charge is 0.486 e. The molecule has 17 heavy (non-hydrogen) atoms. The van der Waals surface area contributed by atoms with Gasteiger partial charge < -0.3 is 9.84 Å². The van der Waals surface area contributed by atoms with E-state index >= 15 is 0 Å². The molecule has 0 aliphatic carbocycles. The Labute approximate surface area is 109 Å². The zero-order chi connectivity index (χ0) is 12.9. The van der Waals surface area contributed by atoms with Crippen molar-refractivity contribution >= 4 is 11.6 Å². The quantitative estimate of drug-likeness (QED) is 0.838. The Morgan fingerprint density at radius 1 is 1.35 bits per heavy atom. The maximum Gasteiger partial charge on any atom is 0.138 e. The smallest absolute Gasteiger partial charge is 0.138 e. The van der Waals surface area contributed by atoms with E-state index in [0.29, 0.717) is 5.02 Å². The van der Waals surface area contributed by atoms with Gasteiger partial charge in [0.1, 0.15) is 11.4 Å². The number of benzene rings is 1. The molecule has 1 N–H and O–H groups in total. The Balaban J connectivity index is 2.76. The third-order valence-corrected chi connectivity index (χ3v) is 3.15. The standard InChI is InChI=1S/C14H21ClO2/c1-4-14(2,3)17-13-8-7-11(6-5-9-16)10-12(13)15/h7-8,10,16H,4-6,9H2,1-3H3. The summed E-state index contributed by atoms with van der Waals surface area (Å²) in [6.07, 6.45) is 2.53. The molecule has 3 heteroatoms. The van der Waals surface area contributed by atoms with Crippen LogP contribution in [-0.4, -0.2) is 17.3 Å². The van der Waals surface area contributed by atoms with E-state index in [0.717, 1.165) is 30.6 Å². The molecule has 0 radical (unpaired) electrons. The second-order valence-electron chi connectivity index (χ2n) is 4.81. The van der Waals surface area contributed by atoms with Crippen molar-refractivity contribution in [2.45, 2.75) is 45.6 Å². The number of ether oxygens (including phenoxy) is 1. The molecule has 1 aromatic carbocycles. The number of aliphatic hydroxyl groups excluding tert-OH is 1. The van der Waals surface area contributed by atoms with Crippen molar-refractivity contribution in [3.8, 4) is 5.75 Å². The Hall–Kier alpha value is -0.730. The summed E-state index contributed by atoms with van der Waals surface area (Å²) in [5.41, 5.74) is 0.932. The van der Waals surface area contributed by atoms with Crippen molar-refractivity contribution < 1.29 is 9.84 Å². The van der Waals surface area contributed by atoms with E-state index in [9.17, 15) is 0 Å². The molecular weight excluding hydrogens is 236 g/mol. The Kier molecular flexibility index (Phi) is 5.29. The second-order valence-corrected chi connectivity index (χ2v) is 5.21. The summed E-state index contributed by atoms with van der Waals surface area (Å²) in [4.78, 5) is 0. The van der Waals surface area contributed by atoms with Crippen LogP contribution < -0.4 is 4.74 Å². The normalized spacial score (nSPS) is 11.6. The molecule has 0 aromatic heterocycles. The molecule has 0 saturated carbocycles. The van der Waals surface area contributed by atoms with Gasteiger partial charge in [0.25, 0.3) is 0 Å². The van der Waals surface area contributed by atoms with Gasteiger partial charge in [0.2, 0.25) is 0 Å². The first-order valence-electron chi connectivity index (χ1n) is 6.07. The highest BCUT2D eigenvalue weighted by Crippen LogP contribution is 2.30. The fraction of sp³-hybridized carbons (Fsp3) is 0.571. The maximum atomic E-state index is 8.78. The van der Waals surface area contributed by atoms with Gasteiger partial charge in [-0.1, -0.05) is 24.6 Å². The predicted molar refractivity (Wildman–Crippen MR) is 71.9 cm³/mol. The van der Waals surface area contributed by atoms with Gasteiger partial charge in [-0.05, 0) is 50.8 Å². The Bertz CT molecular complexity index is 361. The number of rotatable bonds is 6. The third kappa shape index (κ3) is 4.57. The summed E-state index contributed by atoms with van der Waals surface area (Å²) in [6, 6.07) is 5.83. The van der Waals surface area contributed by atoms with Crippen molar-refractivity contribution in [3.05, 3.63) is 28.8 Å². The molecule has 0 atom stereocenters. The average Bonchev–Trinajstić information content (AvgIpc) is 2.29. The van der Waals surface area contributed by atoms with E-state index in [1.807, 2.05) is 32.0 Å². The maximum absolute atomic E-state index is 8.78. The summed E-state index contributed by atoms with van der Waals surface area (Å²) in [7, 11) is 0. The zero-order valence-electron chi connectivity index (χ0n) is 10.8. The molecule has 0 heterocycles. The lowest BCUT2D eigenvalue weighted by Gasteiger charge is -2.25. The molecule has 0 amide bonds. The van der Waals surface area contributed by atoms with Crippen LogP contribution in [0.15, 0.2) is 18.2 Å². The third-order valence-electron chi connectivity index (χ3n) is 2.86. The minimum absolute atomic E-state index is 0.198. The van der Waals surface area contributed by atoms with Crippen molar-refractivity contribution in [1.29, 1.82) is 0 Å². The first-order chi connectivity index (χ1) is 7.98. The molecule has 1 rings (SSSR count). The van der Waals surface area contributed by atoms with Crippen molar-refractivity contribution in [2.75, 3.05) is 6.61 Å². The molecule has 0 unspecified atom stereocenters. The van der Waals surface area contributed by atoms with Gasteiger partial charge in [-0.3, -0.25) is 0 Å². The first-order valence-corrected chi connectivity index (χ1v) is 6.44. The van der Waals surface area contributed by atoms with Gasteiger partial charge in [-0.15, -0.1) is 0 Å². The van der Waals surface area contributed by atoms with Gasteiger partial charge in [-0.25, -0.2) is 0 Å². The number of hydrogen-bond acceptors (Lipinski definition) is 2. The minimum atomic E-state index is -0.198. The van der Waals surface area contributed by atoms with Crippen LogP contribution in [0.5, 0.6) is 5.75 Å². The SMILES string of the molecule is CCC(C)(C)Oc1ccc(CCCO)cc1Cl. The van der Waals surface area contributed by atoms with E-state index in [1.165, 1.54) is 0 Å². The van der Waals surface area contributed by atoms with E-state index in [4.69, 9.17) is 21.4 Å². The van der Waals surface area contributed by atoms with Crippen molar-refractivity contribution in [2.24, 2.45) is 0 Å². The summed E-state index contributed by atoms with van der Waals surface area (Å²) < 4.78 is 5.86. The van der Waals surface area contributed by atoms with Crippen LogP contribution in [0.3, 0.4) is 0 Å². The number of aryl methyl sites for hydroxylation is 1. The molecule has 0 bridgehead atoms. The van der Waals surface area contributed by atoms with Gasteiger partial charge >= 0.3 is 0 Å². The van der Waals surface area contributed by atoms with E-state index in [1.54, 1.807) is 0 Å². The lowest BCUT2D eigenvalue weighted by molar-refractivity contribution is 0.105. The molecular formula is C14H21ClO2. The number of halogens is 1. The minimum Gasteiger partial charge on any atom is -0.486 e. The van der Waals surface area contributed by atoms with Crippen LogP contribution in [0.2, 0.25) is 5.02 Å². The van der Waals surface area contributed by atoms with E-state index < -0.39 is 0 Å². The van der Waals surface area contributed by atoms with Crippen LogP contribution in [0.1, 0.15) is 39.2 Å². The molecule has 0 saturated heterocycles. The lowest BCUT2D eigenvalue weighted by atomic mass is 10.1. The zero-order valence-corrected chi connectivity index (χ0v) is 11.5. The Morgan fingerprint density at radius 3 is 2.59 bits per heavy atom. The summed E-state index contributed by atoms with van der Waals surface area (Å²) in [5.74, 6) is 0.728. The monoisotopic (exact) mass is 256 g/mol. The van der Waals surface area contributed by atoms with E-state index in [2.05, 4.69) is 6.92 Å². The van der Waals surface area contributed by atoms with Crippen molar-refractivity contribution in [3.63, 3.8) is 0 Å². The molecule has 2 nitrogen and oxygen atoms in total. The highest BCUT2D eigenvalue weighted by Gasteiger charge is 2.18.